The van der Waals surface area contributed by atoms with Gasteiger partial charge in [-0.15, -0.1) is 0 Å². The van der Waals surface area contributed by atoms with Gasteiger partial charge in [0.05, 0.1) is 13.7 Å². The third-order valence-electron chi connectivity index (χ3n) is 2.23. The highest BCUT2D eigenvalue weighted by Gasteiger charge is 2.23. The van der Waals surface area contributed by atoms with Crippen LogP contribution in [0.3, 0.4) is 0 Å². The normalized spacial score (nSPS) is 24.0. The van der Waals surface area contributed by atoms with E-state index >= 15 is 0 Å². The van der Waals surface area contributed by atoms with Gasteiger partial charge in [-0.2, -0.15) is 0 Å². The van der Waals surface area contributed by atoms with Crippen molar-refractivity contribution in [2.45, 2.75) is 19.4 Å². The maximum Gasteiger partial charge on any atom is 0.338 e. The minimum atomic E-state index is -0.304. The molecule has 0 aromatic heterocycles. The van der Waals surface area contributed by atoms with Crippen LogP contribution in [0.1, 0.15) is 13.3 Å². The number of ether oxygens (including phenoxy) is 1. The topological polar surface area (TPSA) is 59.6 Å². The summed E-state index contributed by atoms with van der Waals surface area (Å²) in [5, 5.41) is 2.77. The van der Waals surface area contributed by atoms with E-state index in [1.807, 2.05) is 6.92 Å². The number of carbonyl (C=O) groups is 1. The Labute approximate surface area is 77.7 Å². The zero-order chi connectivity index (χ0) is 9.68. The first kappa shape index (κ1) is 10.3. The Bertz CT molecular complexity index is 169. The minimum absolute atomic E-state index is 0.123. The van der Waals surface area contributed by atoms with Gasteiger partial charge in [0.15, 0.2) is 0 Å². The Kier molecular flexibility index (Phi) is 3.98. The first-order chi connectivity index (χ1) is 6.24. The molecule has 0 bridgehead atoms. The van der Waals surface area contributed by atoms with Crippen LogP contribution in [0.15, 0.2) is 0 Å². The van der Waals surface area contributed by atoms with E-state index in [1.54, 1.807) is 0 Å². The van der Waals surface area contributed by atoms with E-state index in [2.05, 4.69) is 15.6 Å². The molecule has 1 aliphatic rings. The Balaban J connectivity index is 2.22. The maximum absolute atomic E-state index is 11.0. The molecule has 1 saturated heterocycles. The van der Waals surface area contributed by atoms with Crippen molar-refractivity contribution in [2.24, 2.45) is 5.92 Å². The van der Waals surface area contributed by atoms with Crippen LogP contribution in [0.5, 0.6) is 0 Å². The zero-order valence-electron chi connectivity index (χ0n) is 8.00. The number of rotatable bonds is 3. The molecule has 5 heteroatoms. The van der Waals surface area contributed by atoms with Gasteiger partial charge in [0.1, 0.15) is 0 Å². The fourth-order valence-electron chi connectivity index (χ4n) is 1.39. The van der Waals surface area contributed by atoms with Gasteiger partial charge in [-0.3, -0.25) is 4.84 Å². The van der Waals surface area contributed by atoms with Gasteiger partial charge < -0.3 is 10.1 Å². The number of amides is 2. The van der Waals surface area contributed by atoms with Gasteiger partial charge >= 0.3 is 6.03 Å². The Morgan fingerprint density at radius 1 is 1.69 bits per heavy atom. The van der Waals surface area contributed by atoms with E-state index in [0.29, 0.717) is 5.92 Å². The van der Waals surface area contributed by atoms with Crippen LogP contribution >= 0.6 is 0 Å². The van der Waals surface area contributed by atoms with Crippen LogP contribution in [-0.4, -0.2) is 32.4 Å². The molecule has 1 rings (SSSR count). The smallest absolute Gasteiger partial charge is 0.338 e. The van der Waals surface area contributed by atoms with Crippen molar-refractivity contribution in [1.82, 2.24) is 10.8 Å². The largest absolute Gasteiger partial charge is 0.381 e. The molecule has 13 heavy (non-hydrogen) atoms. The molecule has 5 nitrogen and oxygen atoms in total. The molecule has 1 heterocycles. The van der Waals surface area contributed by atoms with Crippen LogP contribution in [0.25, 0.3) is 0 Å². The highest BCUT2D eigenvalue weighted by Crippen LogP contribution is 2.15. The number of nitrogens with one attached hydrogen (secondary N) is 2. The van der Waals surface area contributed by atoms with Crippen molar-refractivity contribution in [1.29, 1.82) is 0 Å². The second kappa shape index (κ2) is 5.04. The predicted octanol–water partition coefficient (Wildman–Crippen LogP) is 0.272. The molecular formula is C8H16N2O3. The lowest BCUT2D eigenvalue weighted by Gasteiger charge is -2.18. The van der Waals surface area contributed by atoms with Crippen LogP contribution in [-0.2, 0) is 9.57 Å². The molecular weight excluding hydrogens is 172 g/mol. The van der Waals surface area contributed by atoms with Gasteiger partial charge in [0.2, 0.25) is 0 Å². The maximum atomic E-state index is 11.0. The molecule has 0 spiro atoms. The van der Waals surface area contributed by atoms with Gasteiger partial charge in [0, 0.05) is 18.6 Å². The van der Waals surface area contributed by atoms with E-state index in [9.17, 15) is 4.79 Å². The first-order valence-electron chi connectivity index (χ1n) is 4.41. The summed E-state index contributed by atoms with van der Waals surface area (Å²) < 4.78 is 5.22. The number of hydrogen-bond acceptors (Lipinski definition) is 3. The van der Waals surface area contributed by atoms with E-state index in [4.69, 9.17) is 4.74 Å². The summed E-state index contributed by atoms with van der Waals surface area (Å²) in [6.45, 7) is 3.49. The molecule has 1 aliphatic heterocycles. The summed E-state index contributed by atoms with van der Waals surface area (Å²) in [6, 6.07) is -0.181. The van der Waals surface area contributed by atoms with Gasteiger partial charge in [-0.05, 0) is 13.3 Å². The molecule has 2 N–H and O–H groups in total. The lowest BCUT2D eigenvalue weighted by molar-refractivity contribution is 0.104. The summed E-state index contributed by atoms with van der Waals surface area (Å²) in [5.41, 5.74) is 2.21. The van der Waals surface area contributed by atoms with Gasteiger partial charge in [-0.1, -0.05) is 0 Å². The second-order valence-corrected chi connectivity index (χ2v) is 3.19. The fourth-order valence-corrected chi connectivity index (χ4v) is 1.39. The van der Waals surface area contributed by atoms with E-state index in [0.717, 1.165) is 19.6 Å². The molecule has 0 radical (unpaired) electrons. The van der Waals surface area contributed by atoms with Crippen LogP contribution in [0, 0.1) is 5.92 Å². The SMILES string of the molecule is CONC(=O)NC(C)C1CCOC1. The highest BCUT2D eigenvalue weighted by molar-refractivity contribution is 5.72. The number of urea groups is 1. The third kappa shape index (κ3) is 3.20. The summed E-state index contributed by atoms with van der Waals surface area (Å²) in [7, 11) is 1.41. The predicted molar refractivity (Wildman–Crippen MR) is 47.1 cm³/mol. The molecule has 2 atom stereocenters. The molecule has 0 aromatic rings. The van der Waals surface area contributed by atoms with Crippen molar-refractivity contribution in [3.8, 4) is 0 Å². The Morgan fingerprint density at radius 3 is 3.00 bits per heavy atom. The fraction of sp³-hybridized carbons (Fsp3) is 0.875. The van der Waals surface area contributed by atoms with E-state index in [-0.39, 0.29) is 12.1 Å². The van der Waals surface area contributed by atoms with Gasteiger partial charge in [0.25, 0.3) is 0 Å². The van der Waals surface area contributed by atoms with E-state index in [1.165, 1.54) is 7.11 Å². The monoisotopic (exact) mass is 188 g/mol. The average molecular weight is 188 g/mol. The number of carbonyl (C=O) groups excluding carboxylic acids is 1. The minimum Gasteiger partial charge on any atom is -0.381 e. The zero-order valence-corrected chi connectivity index (χ0v) is 8.00. The molecule has 0 aliphatic carbocycles. The van der Waals surface area contributed by atoms with Crippen molar-refractivity contribution < 1.29 is 14.4 Å². The Morgan fingerprint density at radius 2 is 2.46 bits per heavy atom. The van der Waals surface area contributed by atoms with Crippen LogP contribution in [0.4, 0.5) is 4.79 Å². The van der Waals surface area contributed by atoms with Crippen molar-refractivity contribution in [2.75, 3.05) is 20.3 Å². The Hall–Kier alpha value is -0.810. The van der Waals surface area contributed by atoms with Crippen molar-refractivity contribution in [3.63, 3.8) is 0 Å². The lowest BCUT2D eigenvalue weighted by atomic mass is 10.0. The molecule has 0 saturated carbocycles. The molecule has 2 unspecified atom stereocenters. The van der Waals surface area contributed by atoms with Crippen LogP contribution < -0.4 is 10.8 Å². The third-order valence-corrected chi connectivity index (χ3v) is 2.23. The molecule has 2 amide bonds. The number of hydroxylamine groups is 1. The van der Waals surface area contributed by atoms with Crippen molar-refractivity contribution in [3.05, 3.63) is 0 Å². The second-order valence-electron chi connectivity index (χ2n) is 3.19. The summed E-state index contributed by atoms with van der Waals surface area (Å²) in [5.74, 6) is 0.419. The van der Waals surface area contributed by atoms with Crippen LogP contribution in [0.2, 0.25) is 0 Å². The number of hydrogen-bond donors (Lipinski definition) is 2. The standard InChI is InChI=1S/C8H16N2O3/c1-6(7-3-4-13-5-7)9-8(11)10-12-2/h6-7H,3-5H2,1-2H3,(H2,9,10,11). The highest BCUT2D eigenvalue weighted by atomic mass is 16.6. The molecule has 1 fully saturated rings. The first-order valence-corrected chi connectivity index (χ1v) is 4.41. The quantitative estimate of drug-likeness (QED) is 0.625. The van der Waals surface area contributed by atoms with Crippen molar-refractivity contribution >= 4 is 6.03 Å². The average Bonchev–Trinajstić information content (AvgIpc) is 2.55. The van der Waals surface area contributed by atoms with Gasteiger partial charge in [-0.25, -0.2) is 10.3 Å². The molecule has 0 aromatic carbocycles. The lowest BCUT2D eigenvalue weighted by Crippen LogP contribution is -2.43. The summed E-state index contributed by atoms with van der Waals surface area (Å²) in [6.07, 6.45) is 1.01. The summed E-state index contributed by atoms with van der Waals surface area (Å²) in [4.78, 5) is 15.5. The van der Waals surface area contributed by atoms with E-state index < -0.39 is 0 Å². The molecule has 76 valence electrons. The summed E-state index contributed by atoms with van der Waals surface area (Å²) >= 11 is 0.